The summed E-state index contributed by atoms with van der Waals surface area (Å²) in [6.45, 7) is 4.35. The van der Waals surface area contributed by atoms with Crippen molar-refractivity contribution in [2.75, 3.05) is 32.1 Å². The SMILES string of the molecule is CC(C)C[C@H](NC(=O)c1ccc(N(C)C)cc1)C(=O)N1CC[C@@H]2[C@H]1C(=O)CN2C(=O)c1csc2ccccc12. The lowest BCUT2D eigenvalue weighted by atomic mass is 10.0. The summed E-state index contributed by atoms with van der Waals surface area (Å²) in [6.07, 6.45) is 0.982. The Morgan fingerprint density at radius 2 is 1.77 bits per heavy atom. The highest BCUT2D eigenvalue weighted by atomic mass is 32.1. The zero-order valence-corrected chi connectivity index (χ0v) is 23.5. The van der Waals surface area contributed by atoms with Crippen molar-refractivity contribution in [1.29, 1.82) is 0 Å². The number of hydrogen-bond donors (Lipinski definition) is 1. The first-order valence-electron chi connectivity index (χ1n) is 13.3. The molecular weight excluding hydrogens is 512 g/mol. The zero-order chi connectivity index (χ0) is 27.8. The summed E-state index contributed by atoms with van der Waals surface area (Å²) in [5.41, 5.74) is 2.04. The molecule has 9 heteroatoms. The monoisotopic (exact) mass is 546 g/mol. The standard InChI is InChI=1S/C30H34N4O4S/c1-18(2)15-23(31-28(36)19-9-11-20(12-10-19)32(3)4)30(38)33-14-13-24-27(33)25(35)16-34(24)29(37)22-17-39-26-8-6-5-7-21(22)26/h5-12,17-18,23-24,27H,13-16H2,1-4H3,(H,31,36)/t23-,24+,27-/m0/s1. The van der Waals surface area contributed by atoms with Gasteiger partial charge in [0.05, 0.1) is 18.2 Å². The molecule has 5 rings (SSSR count). The van der Waals surface area contributed by atoms with Crippen LogP contribution in [0.5, 0.6) is 0 Å². The number of rotatable bonds is 7. The maximum absolute atomic E-state index is 13.8. The van der Waals surface area contributed by atoms with Gasteiger partial charge in [0.25, 0.3) is 11.8 Å². The van der Waals surface area contributed by atoms with Crippen molar-refractivity contribution < 1.29 is 19.2 Å². The van der Waals surface area contributed by atoms with E-state index in [0.29, 0.717) is 30.5 Å². The summed E-state index contributed by atoms with van der Waals surface area (Å²) < 4.78 is 1.02. The Hall–Kier alpha value is -3.72. The van der Waals surface area contributed by atoms with Gasteiger partial charge in [0.2, 0.25) is 5.91 Å². The molecule has 0 aliphatic carbocycles. The van der Waals surface area contributed by atoms with Gasteiger partial charge < -0.3 is 20.0 Å². The minimum atomic E-state index is -0.761. The zero-order valence-electron chi connectivity index (χ0n) is 22.7. The van der Waals surface area contributed by atoms with Gasteiger partial charge in [0.1, 0.15) is 12.1 Å². The van der Waals surface area contributed by atoms with Crippen LogP contribution in [0.4, 0.5) is 5.69 Å². The topological polar surface area (TPSA) is 90.0 Å². The number of amides is 3. The molecule has 0 spiro atoms. The average molecular weight is 547 g/mol. The van der Waals surface area contributed by atoms with Crippen LogP contribution >= 0.6 is 11.3 Å². The molecule has 3 heterocycles. The molecule has 204 valence electrons. The van der Waals surface area contributed by atoms with Crippen LogP contribution in [0.25, 0.3) is 10.1 Å². The number of hydrogen-bond acceptors (Lipinski definition) is 6. The number of fused-ring (bicyclic) bond motifs is 2. The summed E-state index contributed by atoms with van der Waals surface area (Å²) >= 11 is 1.51. The molecule has 0 unspecified atom stereocenters. The number of nitrogens with one attached hydrogen (secondary N) is 1. The molecule has 1 N–H and O–H groups in total. The Kier molecular flexibility index (Phi) is 7.44. The molecule has 2 saturated heterocycles. The Morgan fingerprint density at radius 3 is 2.46 bits per heavy atom. The highest BCUT2D eigenvalue weighted by Crippen LogP contribution is 2.34. The molecule has 1 aromatic heterocycles. The second kappa shape index (κ2) is 10.8. The van der Waals surface area contributed by atoms with Crippen molar-refractivity contribution in [1.82, 2.24) is 15.1 Å². The van der Waals surface area contributed by atoms with Crippen LogP contribution in [0.3, 0.4) is 0 Å². The van der Waals surface area contributed by atoms with Gasteiger partial charge in [-0.3, -0.25) is 19.2 Å². The van der Waals surface area contributed by atoms with E-state index < -0.39 is 12.1 Å². The lowest BCUT2D eigenvalue weighted by Crippen LogP contribution is -2.53. The summed E-state index contributed by atoms with van der Waals surface area (Å²) in [7, 11) is 3.86. The van der Waals surface area contributed by atoms with Crippen molar-refractivity contribution in [2.24, 2.45) is 5.92 Å². The van der Waals surface area contributed by atoms with E-state index in [1.165, 1.54) is 11.3 Å². The number of likely N-dealkylation sites (tertiary alicyclic amines) is 2. The fraction of sp³-hybridized carbons (Fsp3) is 0.400. The van der Waals surface area contributed by atoms with Crippen LogP contribution in [0, 0.1) is 5.92 Å². The summed E-state index contributed by atoms with van der Waals surface area (Å²) in [5.74, 6) is -0.742. The normalized spacial score (nSPS) is 19.5. The third-order valence-electron chi connectivity index (χ3n) is 7.63. The molecule has 0 bridgehead atoms. The van der Waals surface area contributed by atoms with Crippen molar-refractivity contribution in [2.45, 2.75) is 44.8 Å². The largest absolute Gasteiger partial charge is 0.378 e. The number of thiophene rings is 1. The third kappa shape index (κ3) is 5.15. The lowest BCUT2D eigenvalue weighted by molar-refractivity contribution is -0.138. The highest BCUT2D eigenvalue weighted by molar-refractivity contribution is 7.17. The Balaban J connectivity index is 1.33. The van der Waals surface area contributed by atoms with E-state index in [1.54, 1.807) is 21.9 Å². The molecule has 0 radical (unpaired) electrons. The van der Waals surface area contributed by atoms with E-state index in [0.717, 1.165) is 15.8 Å². The van der Waals surface area contributed by atoms with Gasteiger partial charge in [-0.25, -0.2) is 0 Å². The van der Waals surface area contributed by atoms with Crippen molar-refractivity contribution >= 4 is 50.6 Å². The Bertz CT molecular complexity index is 1410. The fourth-order valence-corrected chi connectivity index (χ4v) is 6.62. The van der Waals surface area contributed by atoms with E-state index >= 15 is 0 Å². The first-order valence-corrected chi connectivity index (χ1v) is 14.2. The van der Waals surface area contributed by atoms with Crippen molar-refractivity contribution in [3.63, 3.8) is 0 Å². The molecule has 3 amide bonds. The van der Waals surface area contributed by atoms with Gasteiger partial charge in [-0.15, -0.1) is 11.3 Å². The van der Waals surface area contributed by atoms with E-state index in [-0.39, 0.29) is 42.0 Å². The van der Waals surface area contributed by atoms with Gasteiger partial charge in [-0.05, 0) is 49.1 Å². The third-order valence-corrected chi connectivity index (χ3v) is 8.60. The number of Topliss-reactive ketones (excluding diaryl/α,β-unsaturated/α-hetero) is 1. The first-order chi connectivity index (χ1) is 18.7. The molecule has 2 aromatic carbocycles. The predicted octanol–water partition coefficient (Wildman–Crippen LogP) is 3.81. The van der Waals surface area contributed by atoms with Crippen LogP contribution < -0.4 is 10.2 Å². The summed E-state index contributed by atoms with van der Waals surface area (Å²) in [6, 6.07) is 13.1. The maximum Gasteiger partial charge on any atom is 0.256 e. The van der Waals surface area contributed by atoms with E-state index in [9.17, 15) is 19.2 Å². The molecule has 2 aliphatic rings. The molecular formula is C30H34N4O4S. The second-order valence-electron chi connectivity index (χ2n) is 11.0. The number of benzene rings is 2. The lowest BCUT2D eigenvalue weighted by Gasteiger charge is -2.29. The van der Waals surface area contributed by atoms with E-state index in [4.69, 9.17) is 0 Å². The molecule has 8 nitrogen and oxygen atoms in total. The van der Waals surface area contributed by atoms with Crippen molar-refractivity contribution in [3.8, 4) is 0 Å². The number of carbonyl (C=O) groups excluding carboxylic acids is 4. The van der Waals surface area contributed by atoms with Crippen LogP contribution in [0.2, 0.25) is 0 Å². The van der Waals surface area contributed by atoms with Crippen LogP contribution in [-0.2, 0) is 9.59 Å². The fourth-order valence-electron chi connectivity index (χ4n) is 5.68. The Labute approximate surface area is 232 Å². The second-order valence-corrected chi connectivity index (χ2v) is 11.9. The van der Waals surface area contributed by atoms with Crippen LogP contribution in [0.1, 0.15) is 47.4 Å². The first kappa shape index (κ1) is 26.9. The molecule has 3 atom stereocenters. The smallest absolute Gasteiger partial charge is 0.256 e. The predicted molar refractivity (Wildman–Crippen MR) is 153 cm³/mol. The number of ketones is 1. The average Bonchev–Trinajstić information content (AvgIpc) is 3.62. The van der Waals surface area contributed by atoms with E-state index in [1.807, 2.05) is 74.6 Å². The summed E-state index contributed by atoms with van der Waals surface area (Å²) in [5, 5.41) is 5.66. The molecule has 0 saturated carbocycles. The molecule has 2 fully saturated rings. The molecule has 3 aromatic rings. The minimum absolute atomic E-state index is 0.0124. The maximum atomic E-state index is 13.8. The molecule has 39 heavy (non-hydrogen) atoms. The van der Waals surface area contributed by atoms with E-state index in [2.05, 4.69) is 5.32 Å². The van der Waals surface area contributed by atoms with Gasteiger partial charge in [0.15, 0.2) is 5.78 Å². The quantitative estimate of drug-likeness (QED) is 0.487. The van der Waals surface area contributed by atoms with Crippen LogP contribution in [0.15, 0.2) is 53.9 Å². The highest BCUT2D eigenvalue weighted by Gasteiger charge is 2.52. The summed E-state index contributed by atoms with van der Waals surface area (Å²) in [4.78, 5) is 58.8. The number of carbonyl (C=O) groups is 4. The number of nitrogens with zero attached hydrogens (tertiary/aromatic N) is 3. The van der Waals surface area contributed by atoms with Gasteiger partial charge >= 0.3 is 0 Å². The van der Waals surface area contributed by atoms with Gasteiger partial charge in [-0.2, -0.15) is 0 Å². The van der Waals surface area contributed by atoms with Gasteiger partial charge in [0, 0.05) is 47.4 Å². The minimum Gasteiger partial charge on any atom is -0.378 e. The Morgan fingerprint density at radius 1 is 1.05 bits per heavy atom. The van der Waals surface area contributed by atoms with Crippen molar-refractivity contribution in [3.05, 3.63) is 65.0 Å². The molecule has 2 aliphatic heterocycles. The number of anilines is 1. The van der Waals surface area contributed by atoms with Gasteiger partial charge in [-0.1, -0.05) is 32.0 Å². The van der Waals surface area contributed by atoms with Crippen LogP contribution in [-0.4, -0.2) is 78.6 Å².